The van der Waals surface area contributed by atoms with Gasteiger partial charge < -0.3 is 14.5 Å². The van der Waals surface area contributed by atoms with E-state index in [1.807, 2.05) is 6.20 Å². The molecule has 0 bridgehead atoms. The van der Waals surface area contributed by atoms with Crippen LogP contribution in [0.3, 0.4) is 0 Å². The van der Waals surface area contributed by atoms with E-state index in [2.05, 4.69) is 236 Å². The molecule has 6 aromatic carbocycles. The van der Waals surface area contributed by atoms with Crippen molar-refractivity contribution in [2.75, 3.05) is 16.5 Å². The molecular formula is C57H60N4O. The summed E-state index contributed by atoms with van der Waals surface area (Å²) in [4.78, 5) is 9.89. The van der Waals surface area contributed by atoms with Gasteiger partial charge in [-0.25, -0.2) is 4.98 Å². The summed E-state index contributed by atoms with van der Waals surface area (Å²) >= 11 is 0. The molecule has 0 aliphatic carbocycles. The number of para-hydroxylation sites is 2. The Morgan fingerprint density at radius 2 is 1.11 bits per heavy atom. The summed E-state index contributed by atoms with van der Waals surface area (Å²) < 4.78 is 9.09. The molecule has 1 aliphatic rings. The van der Waals surface area contributed by atoms with Gasteiger partial charge in [-0.1, -0.05) is 149 Å². The Kier molecular flexibility index (Phi) is 9.89. The average molecular weight is 817 g/mol. The molecule has 8 aromatic rings. The number of nitrogens with zero attached hydrogens (tertiary/aromatic N) is 4. The summed E-state index contributed by atoms with van der Waals surface area (Å²) in [7, 11) is 0. The Balaban J connectivity index is 1.14. The lowest BCUT2D eigenvalue weighted by Crippen LogP contribution is -2.27. The van der Waals surface area contributed by atoms with Crippen molar-refractivity contribution in [3.05, 3.63) is 180 Å². The van der Waals surface area contributed by atoms with Crippen LogP contribution in [-0.2, 0) is 21.7 Å². The zero-order valence-electron chi connectivity index (χ0n) is 38.3. The lowest BCUT2D eigenvalue weighted by molar-refractivity contribution is 0.483. The maximum absolute atomic E-state index is 6.82. The first-order valence-electron chi connectivity index (χ1n) is 22.1. The van der Waals surface area contributed by atoms with Crippen LogP contribution in [0, 0.1) is 0 Å². The predicted molar refractivity (Wildman–Crippen MR) is 262 cm³/mol. The van der Waals surface area contributed by atoms with Crippen LogP contribution in [0.4, 0.5) is 22.7 Å². The van der Waals surface area contributed by atoms with Crippen molar-refractivity contribution in [2.45, 2.75) is 97.8 Å². The van der Waals surface area contributed by atoms with Gasteiger partial charge in [-0.15, -0.1) is 0 Å². The molecule has 0 amide bonds. The van der Waals surface area contributed by atoms with Crippen molar-refractivity contribution < 1.29 is 4.74 Å². The van der Waals surface area contributed by atoms with Crippen LogP contribution in [0.1, 0.15) is 104 Å². The second kappa shape index (κ2) is 14.9. The Hall–Kier alpha value is -6.33. The lowest BCUT2D eigenvalue weighted by Gasteiger charge is -2.33. The molecule has 0 atom stereocenters. The summed E-state index contributed by atoms with van der Waals surface area (Å²) in [6.45, 7) is 26.0. The Morgan fingerprint density at radius 3 is 1.82 bits per heavy atom. The molecule has 3 heterocycles. The normalized spacial score (nSPS) is 13.6. The third-order valence-corrected chi connectivity index (χ3v) is 12.8. The maximum Gasteiger partial charge on any atom is 0.137 e. The number of hydrogen-bond donors (Lipinski definition) is 0. The molecular weight excluding hydrogens is 757 g/mol. The van der Waals surface area contributed by atoms with Gasteiger partial charge in [0.2, 0.25) is 0 Å². The topological polar surface area (TPSA) is 33.5 Å². The van der Waals surface area contributed by atoms with Gasteiger partial charge in [0.15, 0.2) is 0 Å². The maximum atomic E-state index is 6.82. The number of benzene rings is 6. The summed E-state index contributed by atoms with van der Waals surface area (Å²) in [6.07, 6.45) is 1.93. The van der Waals surface area contributed by atoms with Crippen LogP contribution < -0.4 is 14.5 Å². The van der Waals surface area contributed by atoms with Crippen LogP contribution in [-0.4, -0.2) is 16.2 Å². The van der Waals surface area contributed by atoms with E-state index in [0.29, 0.717) is 6.67 Å². The standard InChI is InChI=1S/C57H60N4O/c1-54(2,3)39-29-30-58-52(34-39)61-49-25-16-15-23-46(49)47-28-27-45(36-51(47)61)62-44-22-17-21-42(35-44)59-37-60(43-32-40(55(4,5)6)31-41(33-43)56(7,8)9)53-48(24-18-26-50(53)59)57(10,11)38-19-13-12-14-20-38/h12-36H,37H2,1-11H3. The summed E-state index contributed by atoms with van der Waals surface area (Å²) in [6, 6.07) is 52.9. The second-order valence-electron chi connectivity index (χ2n) is 20.7. The van der Waals surface area contributed by atoms with Crippen molar-refractivity contribution in [3.63, 3.8) is 0 Å². The fourth-order valence-electron chi connectivity index (χ4n) is 9.02. The minimum absolute atomic E-state index is 0.00583. The van der Waals surface area contributed by atoms with Gasteiger partial charge in [0.25, 0.3) is 0 Å². The molecule has 0 spiro atoms. The van der Waals surface area contributed by atoms with E-state index in [4.69, 9.17) is 9.72 Å². The molecule has 1 aliphatic heterocycles. The van der Waals surface area contributed by atoms with E-state index in [1.165, 1.54) is 50.3 Å². The first kappa shape index (κ1) is 41.0. The Bertz CT molecular complexity index is 2920. The first-order chi connectivity index (χ1) is 29.4. The summed E-state index contributed by atoms with van der Waals surface area (Å²) in [5, 5.41) is 2.35. The molecule has 314 valence electrons. The first-order valence-corrected chi connectivity index (χ1v) is 22.1. The SMILES string of the molecule is CC(C)(C)c1cc(N2CN(c3cccc(Oc4ccc5c6ccccc6n(-c6cc(C(C)(C)C)ccn6)c5c4)c3)c3cccc(C(C)(C)c4ccccc4)c32)cc(C(C)(C)C)c1. The zero-order valence-corrected chi connectivity index (χ0v) is 38.3. The van der Waals surface area contributed by atoms with E-state index in [1.54, 1.807) is 0 Å². The number of anilines is 4. The molecule has 5 heteroatoms. The van der Waals surface area contributed by atoms with Crippen molar-refractivity contribution in [3.8, 4) is 17.3 Å². The fourth-order valence-corrected chi connectivity index (χ4v) is 9.02. The highest BCUT2D eigenvalue weighted by Crippen LogP contribution is 2.52. The second-order valence-corrected chi connectivity index (χ2v) is 20.7. The van der Waals surface area contributed by atoms with E-state index in [-0.39, 0.29) is 21.7 Å². The summed E-state index contributed by atoms with van der Waals surface area (Å²) in [5.41, 5.74) is 13.1. The third kappa shape index (κ3) is 7.42. The van der Waals surface area contributed by atoms with Crippen molar-refractivity contribution in [1.82, 2.24) is 9.55 Å². The minimum Gasteiger partial charge on any atom is -0.457 e. The van der Waals surface area contributed by atoms with E-state index >= 15 is 0 Å². The lowest BCUT2D eigenvalue weighted by atomic mass is 9.76. The van der Waals surface area contributed by atoms with Crippen LogP contribution in [0.5, 0.6) is 11.5 Å². The fraction of sp³-hybridized carbons (Fsp3) is 0.281. The van der Waals surface area contributed by atoms with Crippen LogP contribution in [0.15, 0.2) is 152 Å². The zero-order chi connectivity index (χ0) is 43.8. The number of pyridine rings is 1. The largest absolute Gasteiger partial charge is 0.457 e. The van der Waals surface area contributed by atoms with Gasteiger partial charge in [0, 0.05) is 45.9 Å². The summed E-state index contributed by atoms with van der Waals surface area (Å²) in [5.74, 6) is 2.45. The Morgan fingerprint density at radius 1 is 0.468 bits per heavy atom. The van der Waals surface area contributed by atoms with Crippen molar-refractivity contribution in [1.29, 1.82) is 0 Å². The number of aromatic nitrogens is 2. The van der Waals surface area contributed by atoms with Gasteiger partial charge in [0.1, 0.15) is 24.0 Å². The molecule has 0 unspecified atom stereocenters. The highest BCUT2D eigenvalue weighted by atomic mass is 16.5. The van der Waals surface area contributed by atoms with E-state index < -0.39 is 0 Å². The van der Waals surface area contributed by atoms with E-state index in [0.717, 1.165) is 39.4 Å². The number of rotatable bonds is 7. The van der Waals surface area contributed by atoms with Gasteiger partial charge in [-0.05, 0) is 105 Å². The van der Waals surface area contributed by atoms with Gasteiger partial charge in [-0.2, -0.15) is 0 Å². The molecule has 0 saturated heterocycles. The minimum atomic E-state index is -0.259. The molecule has 62 heavy (non-hydrogen) atoms. The van der Waals surface area contributed by atoms with Crippen molar-refractivity contribution in [2.24, 2.45) is 0 Å². The molecule has 2 aromatic heterocycles. The highest BCUT2D eigenvalue weighted by molar-refractivity contribution is 6.09. The number of fused-ring (bicyclic) bond motifs is 4. The molecule has 9 rings (SSSR count). The molecule has 0 saturated carbocycles. The van der Waals surface area contributed by atoms with Crippen molar-refractivity contribution >= 4 is 44.6 Å². The highest BCUT2D eigenvalue weighted by Gasteiger charge is 2.37. The van der Waals surface area contributed by atoms with E-state index in [9.17, 15) is 0 Å². The average Bonchev–Trinajstić information content (AvgIpc) is 3.79. The molecule has 5 nitrogen and oxygen atoms in total. The molecule has 0 N–H and O–H groups in total. The number of ether oxygens (including phenoxy) is 1. The predicted octanol–water partition coefficient (Wildman–Crippen LogP) is 15.4. The number of hydrogen-bond acceptors (Lipinski definition) is 4. The van der Waals surface area contributed by atoms with Gasteiger partial charge >= 0.3 is 0 Å². The third-order valence-electron chi connectivity index (χ3n) is 12.8. The Labute approximate surface area is 368 Å². The van der Waals surface area contributed by atoms with Crippen LogP contribution in [0.2, 0.25) is 0 Å². The smallest absolute Gasteiger partial charge is 0.137 e. The molecule has 0 fully saturated rings. The van der Waals surface area contributed by atoms with Gasteiger partial charge in [0.05, 0.1) is 22.4 Å². The van der Waals surface area contributed by atoms with Gasteiger partial charge in [-0.3, -0.25) is 4.57 Å². The monoisotopic (exact) mass is 816 g/mol. The van der Waals surface area contributed by atoms with Crippen LogP contribution >= 0.6 is 0 Å². The quantitative estimate of drug-likeness (QED) is 0.160. The van der Waals surface area contributed by atoms with Crippen LogP contribution in [0.25, 0.3) is 27.6 Å². The molecule has 0 radical (unpaired) electrons.